The van der Waals surface area contributed by atoms with Gasteiger partial charge in [0, 0.05) is 94.5 Å². The summed E-state index contributed by atoms with van der Waals surface area (Å²) in [5.74, 6) is 2.28. The minimum absolute atomic E-state index is 0.0186. The Morgan fingerprint density at radius 2 is 1.20 bits per heavy atom. The predicted octanol–water partition coefficient (Wildman–Crippen LogP) is 9.75. The van der Waals surface area contributed by atoms with E-state index in [9.17, 15) is 10.2 Å². The monoisotopic (exact) mass is 1110 g/mol. The van der Waals surface area contributed by atoms with Gasteiger partial charge in [-0.3, -0.25) is 9.80 Å². The van der Waals surface area contributed by atoms with E-state index >= 15 is 0 Å². The molecule has 80 heavy (non-hydrogen) atoms. The number of aromatic hydroxyl groups is 2. The maximum atomic E-state index is 11.7. The number of benzene rings is 4. The Labute approximate surface area is 473 Å². The van der Waals surface area contributed by atoms with Crippen molar-refractivity contribution in [1.29, 1.82) is 0 Å². The van der Waals surface area contributed by atoms with E-state index in [0.717, 1.165) is 165 Å². The van der Waals surface area contributed by atoms with Gasteiger partial charge in [-0.15, -0.1) is 0 Å². The minimum Gasteiger partial charge on any atom is -0.508 e. The number of anilines is 2. The van der Waals surface area contributed by atoms with Gasteiger partial charge >= 0.3 is 12.0 Å². The third kappa shape index (κ3) is 8.26. The zero-order valence-electron chi connectivity index (χ0n) is 44.6. The summed E-state index contributed by atoms with van der Waals surface area (Å²) in [4.78, 5) is 45.8. The molecule has 410 valence electrons. The lowest BCUT2D eigenvalue weighted by Crippen LogP contribution is -2.51. The van der Waals surface area contributed by atoms with E-state index in [4.69, 9.17) is 67.6 Å². The van der Waals surface area contributed by atoms with Crippen molar-refractivity contribution < 1.29 is 19.7 Å². The van der Waals surface area contributed by atoms with Crippen LogP contribution >= 0.6 is 23.2 Å². The Bertz CT molecular complexity index is 3800. The highest BCUT2D eigenvalue weighted by Gasteiger charge is 2.51. The molecule has 4 N–H and O–H groups in total. The molecule has 8 aromatic rings. The molecule has 6 unspecified atom stereocenters. The Balaban J connectivity index is 0.728. The number of halogens is 2. The zero-order valence-corrected chi connectivity index (χ0v) is 46.1. The first-order valence-corrected chi connectivity index (χ1v) is 29.8. The van der Waals surface area contributed by atoms with Crippen LogP contribution in [-0.4, -0.2) is 149 Å². The van der Waals surface area contributed by atoms with Crippen molar-refractivity contribution in [1.82, 2.24) is 55.3 Å². The predicted molar refractivity (Wildman–Crippen MR) is 310 cm³/mol. The number of ether oxygens (including phenoxy) is 2. The fraction of sp³-hybridized carbons (Fsp3) is 0.459. The molecule has 8 aliphatic rings. The number of hydrogen-bond donors (Lipinski definition) is 4. The lowest BCUT2D eigenvalue weighted by molar-refractivity contribution is 0.0849. The Kier molecular flexibility index (Phi) is 11.8. The number of phenolic OH excluding ortho intramolecular Hbond substituents is 2. The van der Waals surface area contributed by atoms with Gasteiger partial charge in [0.2, 0.25) is 0 Å². The third-order valence-electron chi connectivity index (χ3n) is 19.5. The lowest BCUT2D eigenvalue weighted by Gasteiger charge is -2.36. The molecule has 8 saturated heterocycles. The number of piperazine rings is 2. The standard InChI is InChI=1S/C61H63Cl2N13O4/c62-47-6-1-5-34-23-39(77)25-44(51(34)47)49-14-12-42-54(67-49)69-58(71-56(42)73-28-35-7-8-36(29-73)65-35)80-33-61-18-4-22-76(61)50(15-19-61)41-11-13-48(63)52-43(41)24-40(78)26-45(52)53-64-27-46-55(68-53)70-59(79-32-60-16-2-20-75(60)21-3-17-60)72-57(46)74-30-37-9-10-38(31-74)66-37/h1,5-6,11-14,23-27,35-38,50,65-66,77-78H,2-4,7-10,15-22,28-33H2. The topological polar surface area (TPSA) is 186 Å². The normalized spacial score (nSPS) is 26.1. The van der Waals surface area contributed by atoms with Crippen molar-refractivity contribution in [3.05, 3.63) is 88.5 Å². The second-order valence-electron chi connectivity index (χ2n) is 24.2. The van der Waals surface area contributed by atoms with Crippen LogP contribution in [0.3, 0.4) is 0 Å². The van der Waals surface area contributed by atoms with Crippen LogP contribution in [0, 0.1) is 0 Å². The van der Waals surface area contributed by atoms with Gasteiger partial charge in [0.05, 0.1) is 27.5 Å². The zero-order chi connectivity index (χ0) is 53.4. The summed E-state index contributed by atoms with van der Waals surface area (Å²) in [5.41, 5.74) is 3.86. The second-order valence-corrected chi connectivity index (χ2v) is 25.0. The van der Waals surface area contributed by atoms with Crippen molar-refractivity contribution in [2.75, 3.05) is 68.8 Å². The number of phenols is 2. The number of hydrogen-bond acceptors (Lipinski definition) is 17. The summed E-state index contributed by atoms with van der Waals surface area (Å²) in [7, 11) is 0. The van der Waals surface area contributed by atoms with Gasteiger partial charge in [0.25, 0.3) is 0 Å². The van der Waals surface area contributed by atoms with Crippen LogP contribution in [0.1, 0.15) is 88.7 Å². The fourth-order valence-electron chi connectivity index (χ4n) is 15.9. The summed E-state index contributed by atoms with van der Waals surface area (Å²) in [5, 5.41) is 36.1. The molecule has 0 spiro atoms. The van der Waals surface area contributed by atoms with Gasteiger partial charge in [-0.25, -0.2) is 15.0 Å². The van der Waals surface area contributed by atoms with Crippen LogP contribution in [-0.2, 0) is 0 Å². The Hall–Kier alpha value is -6.47. The van der Waals surface area contributed by atoms with Crippen LogP contribution in [0.2, 0.25) is 10.0 Å². The minimum atomic E-state index is -0.286. The molecule has 17 nitrogen and oxygen atoms in total. The largest absolute Gasteiger partial charge is 0.508 e. The lowest BCUT2D eigenvalue weighted by atomic mass is 9.93. The van der Waals surface area contributed by atoms with Gasteiger partial charge in [0.1, 0.15) is 36.3 Å². The van der Waals surface area contributed by atoms with Crippen molar-refractivity contribution >= 4 is 78.4 Å². The first kappa shape index (κ1) is 49.4. The third-order valence-corrected chi connectivity index (χ3v) is 20.1. The van der Waals surface area contributed by atoms with E-state index in [0.29, 0.717) is 87.8 Å². The van der Waals surface area contributed by atoms with Crippen molar-refractivity contribution in [2.45, 2.75) is 118 Å². The van der Waals surface area contributed by atoms with E-state index in [2.05, 4.69) is 36.3 Å². The second kappa shape index (κ2) is 19.1. The molecule has 8 aliphatic heterocycles. The summed E-state index contributed by atoms with van der Waals surface area (Å²) >= 11 is 14.1. The number of rotatable bonds is 11. The highest BCUT2D eigenvalue weighted by Crippen LogP contribution is 2.52. The van der Waals surface area contributed by atoms with Gasteiger partial charge in [-0.1, -0.05) is 41.4 Å². The molecule has 16 rings (SSSR count). The molecule has 0 saturated carbocycles. The van der Waals surface area contributed by atoms with Crippen molar-refractivity contribution in [3.63, 3.8) is 0 Å². The number of pyridine rings is 1. The molecule has 0 aliphatic carbocycles. The summed E-state index contributed by atoms with van der Waals surface area (Å²) in [6, 6.07) is 23.0. The smallest absolute Gasteiger partial charge is 0.320 e. The van der Waals surface area contributed by atoms with Crippen LogP contribution in [0.15, 0.2) is 72.9 Å². The van der Waals surface area contributed by atoms with Crippen molar-refractivity contribution in [2.24, 2.45) is 0 Å². The van der Waals surface area contributed by atoms with E-state index in [1.165, 1.54) is 12.8 Å². The maximum Gasteiger partial charge on any atom is 0.320 e. The first-order chi connectivity index (χ1) is 39.1. The van der Waals surface area contributed by atoms with E-state index in [-0.39, 0.29) is 28.6 Å². The quantitative estimate of drug-likeness (QED) is 0.0958. The summed E-state index contributed by atoms with van der Waals surface area (Å²) < 4.78 is 13.5. The molecule has 4 aromatic carbocycles. The van der Waals surface area contributed by atoms with Gasteiger partial charge in [-0.2, -0.15) is 19.9 Å². The number of nitrogens with one attached hydrogen (secondary N) is 2. The average molecular weight is 1110 g/mol. The molecule has 4 bridgehead atoms. The van der Waals surface area contributed by atoms with Crippen LogP contribution in [0.25, 0.3) is 66.3 Å². The van der Waals surface area contributed by atoms with E-state index in [1.807, 2.05) is 48.7 Å². The highest BCUT2D eigenvalue weighted by atomic mass is 35.5. The van der Waals surface area contributed by atoms with Crippen molar-refractivity contribution in [3.8, 4) is 46.2 Å². The Morgan fingerprint density at radius 1 is 0.575 bits per heavy atom. The molecule has 0 radical (unpaired) electrons. The fourth-order valence-corrected chi connectivity index (χ4v) is 16.4. The molecule has 12 heterocycles. The summed E-state index contributed by atoms with van der Waals surface area (Å²) in [6.45, 7) is 7.40. The number of aromatic nitrogens is 7. The van der Waals surface area contributed by atoms with Crippen LogP contribution in [0.4, 0.5) is 11.6 Å². The maximum absolute atomic E-state index is 11.7. The first-order valence-electron chi connectivity index (χ1n) is 29.0. The molecular formula is C61H63Cl2N13O4. The molecule has 0 amide bonds. The highest BCUT2D eigenvalue weighted by molar-refractivity contribution is 6.37. The van der Waals surface area contributed by atoms with E-state index in [1.54, 1.807) is 18.2 Å². The molecule has 8 fully saturated rings. The molecule has 6 atom stereocenters. The van der Waals surface area contributed by atoms with Crippen LogP contribution in [0.5, 0.6) is 23.5 Å². The van der Waals surface area contributed by atoms with Gasteiger partial charge in [0.15, 0.2) is 17.1 Å². The molecular weight excluding hydrogens is 1050 g/mol. The number of fused-ring (bicyclic) bond motifs is 10. The summed E-state index contributed by atoms with van der Waals surface area (Å²) in [6.07, 6.45) is 14.7. The molecule has 19 heteroatoms. The molecule has 4 aromatic heterocycles. The van der Waals surface area contributed by atoms with Gasteiger partial charge in [-0.05, 0) is 162 Å². The Morgan fingerprint density at radius 3 is 1.93 bits per heavy atom. The number of nitrogens with zero attached hydrogens (tertiary/aromatic N) is 11. The SMILES string of the molecule is Oc1cc(-c2ccc3c(N4CC5CCC(C4)N5)nc(OCC45CCCN4C(c4ccc(Cl)c6c(-c7ncc8c(N9CC%10CCC(C9)N%10)nc(OCC9%10CCCN9CCC%10)nc8n7)cc(O)cc46)CC5)nc3n2)c2c(Cl)cccc2c1. The average Bonchev–Trinajstić information content (AvgIpc) is 4.50. The van der Waals surface area contributed by atoms with Crippen LogP contribution < -0.4 is 29.9 Å². The van der Waals surface area contributed by atoms with Gasteiger partial charge < -0.3 is 40.1 Å². The van der Waals surface area contributed by atoms with E-state index < -0.39 is 0 Å².